The van der Waals surface area contributed by atoms with Crippen LogP contribution in [0.25, 0.3) is 11.2 Å². The number of rotatable bonds is 4. The molecule has 0 aliphatic carbocycles. The quantitative estimate of drug-likeness (QED) is 0.724. The zero-order valence-corrected chi connectivity index (χ0v) is 14.3. The van der Waals surface area contributed by atoms with E-state index in [2.05, 4.69) is 16.7 Å². The van der Waals surface area contributed by atoms with E-state index >= 15 is 0 Å². The molecule has 1 aliphatic heterocycles. The van der Waals surface area contributed by atoms with Crippen molar-refractivity contribution in [2.45, 2.75) is 26.9 Å². The number of allylic oxidation sites excluding steroid dienone is 1. The van der Waals surface area contributed by atoms with E-state index in [1.807, 2.05) is 0 Å². The average Bonchev–Trinajstić information content (AvgIpc) is 2.88. The van der Waals surface area contributed by atoms with Crippen LogP contribution < -0.4 is 22.0 Å². The lowest BCUT2D eigenvalue weighted by Crippen LogP contribution is -2.40. The summed E-state index contributed by atoms with van der Waals surface area (Å²) in [4.78, 5) is 41.1. The first-order valence-electron chi connectivity index (χ1n) is 7.65. The van der Waals surface area contributed by atoms with Crippen molar-refractivity contribution in [3.05, 3.63) is 33.0 Å². The smallest absolute Gasteiger partial charge is 0.332 e. The van der Waals surface area contributed by atoms with Gasteiger partial charge in [-0.2, -0.15) is 10.1 Å². The number of aromatic nitrogens is 4. The molecule has 0 saturated heterocycles. The number of aryl methyl sites for hydroxylation is 1. The van der Waals surface area contributed by atoms with Crippen LogP contribution in [0.5, 0.6) is 0 Å². The van der Waals surface area contributed by atoms with E-state index in [0.717, 1.165) is 4.57 Å². The number of hydrogen-bond donors (Lipinski definition) is 1. The molecular weight excluding hydrogens is 326 g/mol. The molecule has 10 nitrogen and oxygen atoms in total. The summed E-state index contributed by atoms with van der Waals surface area (Å²) in [5.41, 5.74) is 6.23. The number of hydrazone groups is 1. The maximum absolute atomic E-state index is 12.9. The molecule has 0 unspecified atom stereocenters. The number of hydrogen-bond acceptors (Lipinski definition) is 6. The number of imidazole rings is 1. The third kappa shape index (κ3) is 2.65. The molecular formula is C15H19N7O3. The van der Waals surface area contributed by atoms with Crippen LogP contribution in [0.2, 0.25) is 0 Å². The van der Waals surface area contributed by atoms with E-state index < -0.39 is 17.2 Å². The molecule has 0 spiro atoms. The fourth-order valence-electron chi connectivity index (χ4n) is 2.88. The first-order valence-corrected chi connectivity index (χ1v) is 7.65. The normalized spacial score (nSPS) is 13.7. The van der Waals surface area contributed by atoms with Crippen molar-refractivity contribution in [2.75, 3.05) is 11.6 Å². The molecule has 3 heterocycles. The highest BCUT2D eigenvalue weighted by Crippen LogP contribution is 2.23. The minimum atomic E-state index is -0.578. The van der Waals surface area contributed by atoms with Gasteiger partial charge in [0.1, 0.15) is 6.54 Å². The van der Waals surface area contributed by atoms with Gasteiger partial charge in [-0.3, -0.25) is 23.3 Å². The van der Waals surface area contributed by atoms with Gasteiger partial charge in [-0.15, -0.1) is 0 Å². The number of anilines is 1. The van der Waals surface area contributed by atoms with E-state index in [1.165, 1.54) is 9.58 Å². The highest BCUT2D eigenvalue weighted by Gasteiger charge is 2.27. The van der Waals surface area contributed by atoms with Crippen LogP contribution in [0, 0.1) is 0 Å². The Hall–Kier alpha value is -3.17. The second-order valence-corrected chi connectivity index (χ2v) is 6.22. The molecule has 2 aromatic rings. The minimum Gasteiger partial charge on any atom is -0.368 e. The molecule has 0 aromatic carbocycles. The zero-order chi connectivity index (χ0) is 18.5. The SMILES string of the molecule is C=C(C)Cn1c(=O)c2c(nc3n2CC(C)=NN3CC(N)=O)n(C)c1=O. The summed E-state index contributed by atoms with van der Waals surface area (Å²) in [6.45, 7) is 7.57. The maximum Gasteiger partial charge on any atom is 0.332 e. The highest BCUT2D eigenvalue weighted by molar-refractivity contribution is 5.89. The minimum absolute atomic E-state index is 0.125. The molecule has 1 aliphatic rings. The van der Waals surface area contributed by atoms with E-state index in [4.69, 9.17) is 5.73 Å². The van der Waals surface area contributed by atoms with Gasteiger partial charge in [-0.1, -0.05) is 12.2 Å². The lowest BCUT2D eigenvalue weighted by molar-refractivity contribution is -0.116. The van der Waals surface area contributed by atoms with Gasteiger partial charge in [-0.05, 0) is 13.8 Å². The highest BCUT2D eigenvalue weighted by atomic mass is 16.2. The summed E-state index contributed by atoms with van der Waals surface area (Å²) in [6.07, 6.45) is 0. The molecule has 0 atom stereocenters. The first kappa shape index (κ1) is 16.7. The number of primary amides is 1. The summed E-state index contributed by atoms with van der Waals surface area (Å²) in [5.74, 6) is -0.273. The van der Waals surface area contributed by atoms with Crippen LogP contribution in [0.15, 0.2) is 26.8 Å². The van der Waals surface area contributed by atoms with Gasteiger partial charge in [-0.25, -0.2) is 9.80 Å². The molecule has 2 aromatic heterocycles. The number of carbonyl (C=O) groups is 1. The largest absolute Gasteiger partial charge is 0.368 e. The monoisotopic (exact) mass is 345 g/mol. The fraction of sp³-hybridized carbons (Fsp3) is 0.400. The predicted octanol–water partition coefficient (Wildman–Crippen LogP) is -0.846. The van der Waals surface area contributed by atoms with Crippen molar-refractivity contribution in [2.24, 2.45) is 17.9 Å². The fourth-order valence-corrected chi connectivity index (χ4v) is 2.88. The topological polar surface area (TPSA) is 121 Å². The van der Waals surface area contributed by atoms with E-state index in [-0.39, 0.29) is 24.3 Å². The third-order valence-corrected chi connectivity index (χ3v) is 3.86. The molecule has 0 radical (unpaired) electrons. The second kappa shape index (κ2) is 5.72. The summed E-state index contributed by atoms with van der Waals surface area (Å²) in [7, 11) is 1.55. The number of amides is 1. The third-order valence-electron chi connectivity index (χ3n) is 3.86. The van der Waals surface area contributed by atoms with Crippen LogP contribution in [-0.2, 0) is 24.9 Å². The van der Waals surface area contributed by atoms with Crippen LogP contribution in [-0.4, -0.2) is 36.8 Å². The van der Waals surface area contributed by atoms with Crippen molar-refractivity contribution in [3.8, 4) is 0 Å². The van der Waals surface area contributed by atoms with Gasteiger partial charge < -0.3 is 5.73 Å². The molecule has 25 heavy (non-hydrogen) atoms. The Kier molecular flexibility index (Phi) is 3.82. The maximum atomic E-state index is 12.9. The summed E-state index contributed by atoms with van der Waals surface area (Å²) in [6, 6.07) is 0. The summed E-state index contributed by atoms with van der Waals surface area (Å²) in [5, 5.41) is 5.61. The Morgan fingerprint density at radius 3 is 2.60 bits per heavy atom. The van der Waals surface area contributed by atoms with E-state index in [1.54, 1.807) is 25.5 Å². The molecule has 132 valence electrons. The average molecular weight is 345 g/mol. The molecule has 1 amide bonds. The number of nitrogens with zero attached hydrogens (tertiary/aromatic N) is 6. The van der Waals surface area contributed by atoms with Gasteiger partial charge in [0.05, 0.1) is 18.8 Å². The van der Waals surface area contributed by atoms with Crippen LogP contribution in [0.4, 0.5) is 5.95 Å². The van der Waals surface area contributed by atoms with Crippen molar-refractivity contribution in [1.82, 2.24) is 18.7 Å². The molecule has 0 fully saturated rings. The Labute approximate surface area is 142 Å². The van der Waals surface area contributed by atoms with Gasteiger partial charge >= 0.3 is 5.69 Å². The Morgan fingerprint density at radius 1 is 1.32 bits per heavy atom. The molecule has 0 saturated carbocycles. The van der Waals surface area contributed by atoms with E-state index in [0.29, 0.717) is 23.8 Å². The van der Waals surface area contributed by atoms with Crippen molar-refractivity contribution < 1.29 is 4.79 Å². The summed E-state index contributed by atoms with van der Waals surface area (Å²) >= 11 is 0. The molecule has 10 heteroatoms. The van der Waals surface area contributed by atoms with Crippen LogP contribution in [0.1, 0.15) is 13.8 Å². The second-order valence-electron chi connectivity index (χ2n) is 6.22. The van der Waals surface area contributed by atoms with Gasteiger partial charge in [0, 0.05) is 7.05 Å². The molecule has 0 bridgehead atoms. The van der Waals surface area contributed by atoms with E-state index in [9.17, 15) is 14.4 Å². The predicted molar refractivity (Wildman–Crippen MR) is 93.7 cm³/mol. The standard InChI is InChI=1S/C15H19N7O3/c1-8(2)5-21-13(24)11-12(19(4)15(21)25)17-14-20(11)6-9(3)18-22(14)7-10(16)23/h1,5-7H2,2-4H3,(H2,16,23). The number of fused-ring (bicyclic) bond motifs is 3. The van der Waals surface area contributed by atoms with Gasteiger partial charge in [0.15, 0.2) is 11.2 Å². The molecule has 2 N–H and O–H groups in total. The van der Waals surface area contributed by atoms with Crippen LogP contribution >= 0.6 is 0 Å². The zero-order valence-electron chi connectivity index (χ0n) is 14.3. The number of nitrogens with two attached hydrogens (primary N) is 1. The number of carbonyl (C=O) groups excluding carboxylic acids is 1. The Morgan fingerprint density at radius 2 is 2.00 bits per heavy atom. The lowest BCUT2D eigenvalue weighted by Gasteiger charge is -2.23. The van der Waals surface area contributed by atoms with Crippen molar-refractivity contribution >= 4 is 28.7 Å². The van der Waals surface area contributed by atoms with Gasteiger partial charge in [0.25, 0.3) is 5.56 Å². The van der Waals surface area contributed by atoms with Gasteiger partial charge in [0.2, 0.25) is 11.9 Å². The lowest BCUT2D eigenvalue weighted by atomic mass is 10.3. The van der Waals surface area contributed by atoms with Crippen molar-refractivity contribution in [3.63, 3.8) is 0 Å². The summed E-state index contributed by atoms with van der Waals surface area (Å²) < 4.78 is 4.08. The van der Waals surface area contributed by atoms with Crippen molar-refractivity contribution in [1.29, 1.82) is 0 Å². The Balaban J connectivity index is 2.34. The molecule has 3 rings (SSSR count). The Bertz CT molecular complexity index is 1050. The van der Waals surface area contributed by atoms with Crippen LogP contribution in [0.3, 0.4) is 0 Å². The first-order chi connectivity index (χ1) is 11.7.